The van der Waals surface area contributed by atoms with Crippen molar-refractivity contribution >= 4 is 23.3 Å². The highest BCUT2D eigenvalue weighted by molar-refractivity contribution is 6.30. The molecule has 0 radical (unpaired) electrons. The van der Waals surface area contributed by atoms with Crippen molar-refractivity contribution in [2.75, 3.05) is 44.7 Å². The van der Waals surface area contributed by atoms with Gasteiger partial charge >= 0.3 is 5.97 Å². The van der Waals surface area contributed by atoms with Crippen LogP contribution < -0.4 is 4.90 Å². The van der Waals surface area contributed by atoms with Crippen molar-refractivity contribution in [1.29, 1.82) is 0 Å². The molecule has 0 atom stereocenters. The van der Waals surface area contributed by atoms with Gasteiger partial charge in [-0.1, -0.05) is 23.7 Å². The highest BCUT2D eigenvalue weighted by Gasteiger charge is 2.38. The van der Waals surface area contributed by atoms with Gasteiger partial charge in [0.25, 0.3) is 0 Å². The van der Waals surface area contributed by atoms with E-state index in [9.17, 15) is 9.90 Å². The fourth-order valence-corrected chi connectivity index (χ4v) is 4.95. The number of morpholine rings is 1. The number of anilines is 1. The molecule has 7 nitrogen and oxygen atoms in total. The summed E-state index contributed by atoms with van der Waals surface area (Å²) in [6, 6.07) is 15.1. The minimum Gasteiger partial charge on any atom is -0.477 e. The highest BCUT2D eigenvalue weighted by atomic mass is 35.5. The van der Waals surface area contributed by atoms with Crippen molar-refractivity contribution in [2.24, 2.45) is 0 Å². The molecule has 1 aromatic heterocycles. The van der Waals surface area contributed by atoms with Gasteiger partial charge in [0.05, 0.1) is 12.2 Å². The van der Waals surface area contributed by atoms with E-state index in [1.54, 1.807) is 24.3 Å². The van der Waals surface area contributed by atoms with Gasteiger partial charge in [0.2, 0.25) is 0 Å². The molecule has 2 aliphatic heterocycles. The first kappa shape index (κ1) is 21.9. The Morgan fingerprint density at radius 3 is 2.36 bits per heavy atom. The number of hydrogen-bond donors (Lipinski definition) is 2. The van der Waals surface area contributed by atoms with Crippen LogP contribution in [0, 0.1) is 0 Å². The molecule has 2 aromatic carbocycles. The number of piperidine rings is 1. The monoisotopic (exact) mass is 466 g/mol. The zero-order valence-electron chi connectivity index (χ0n) is 18.6. The summed E-state index contributed by atoms with van der Waals surface area (Å²) in [7, 11) is 2.16. The summed E-state index contributed by atoms with van der Waals surface area (Å²) in [5, 5.41) is 10.3. The van der Waals surface area contributed by atoms with Crippen LogP contribution in [0.5, 0.6) is 0 Å². The highest BCUT2D eigenvalue weighted by Crippen LogP contribution is 2.33. The third kappa shape index (κ3) is 4.49. The summed E-state index contributed by atoms with van der Waals surface area (Å²) in [6.45, 7) is 4.73. The number of halogens is 1. The number of aromatic amines is 1. The zero-order valence-corrected chi connectivity index (χ0v) is 19.3. The van der Waals surface area contributed by atoms with Gasteiger partial charge in [-0.05, 0) is 56.3 Å². The van der Waals surface area contributed by atoms with E-state index in [4.69, 9.17) is 16.3 Å². The van der Waals surface area contributed by atoms with Crippen molar-refractivity contribution in [1.82, 2.24) is 14.9 Å². The molecule has 8 heteroatoms. The Kier molecular flexibility index (Phi) is 5.86. The maximum atomic E-state index is 11.8. The lowest BCUT2D eigenvalue weighted by Gasteiger charge is -2.47. The molecule has 0 bridgehead atoms. The Bertz CT molecular complexity index is 1140. The summed E-state index contributed by atoms with van der Waals surface area (Å²) < 4.78 is 6.18. The number of hydrogen-bond acceptors (Lipinski definition) is 5. The van der Waals surface area contributed by atoms with Crippen molar-refractivity contribution < 1.29 is 14.6 Å². The Labute approximate surface area is 198 Å². The molecule has 2 N–H and O–H groups in total. The minimum absolute atomic E-state index is 0.0110. The predicted molar refractivity (Wildman–Crippen MR) is 129 cm³/mol. The standard InChI is InChI=1S/C25H27ClN4O3/c1-29-14-15-33-25(16-29)10-12-30(13-11-25)20-8-4-18(5-9-20)23-27-21(22(28-23)24(31)32)17-2-6-19(26)7-3-17/h2-9H,10-16H2,1H3,(H,27,28)(H,31,32). The first-order valence-electron chi connectivity index (χ1n) is 11.2. The number of aromatic nitrogens is 2. The lowest BCUT2D eigenvalue weighted by Crippen LogP contribution is -2.56. The van der Waals surface area contributed by atoms with Crippen LogP contribution in [0.2, 0.25) is 5.02 Å². The van der Waals surface area contributed by atoms with E-state index >= 15 is 0 Å². The molecule has 2 fully saturated rings. The summed E-state index contributed by atoms with van der Waals surface area (Å²) in [5.41, 5.74) is 3.15. The van der Waals surface area contributed by atoms with E-state index in [1.165, 1.54) is 0 Å². The number of nitrogens with zero attached hydrogens (tertiary/aromatic N) is 3. The van der Waals surface area contributed by atoms with Crippen molar-refractivity contribution in [3.63, 3.8) is 0 Å². The molecule has 172 valence electrons. The molecule has 5 rings (SSSR count). The van der Waals surface area contributed by atoms with Crippen molar-refractivity contribution in [2.45, 2.75) is 18.4 Å². The molecular weight excluding hydrogens is 440 g/mol. The van der Waals surface area contributed by atoms with Crippen LogP contribution >= 0.6 is 11.6 Å². The quantitative estimate of drug-likeness (QED) is 0.593. The Morgan fingerprint density at radius 1 is 1.06 bits per heavy atom. The predicted octanol–water partition coefficient (Wildman–Crippen LogP) is 4.40. The number of imidazole rings is 1. The van der Waals surface area contributed by atoms with E-state index in [0.717, 1.165) is 56.9 Å². The number of H-pyrrole nitrogens is 1. The summed E-state index contributed by atoms with van der Waals surface area (Å²) in [6.07, 6.45) is 2.04. The molecule has 0 saturated carbocycles. The molecule has 1 spiro atoms. The molecule has 0 amide bonds. The molecule has 3 aromatic rings. The second-order valence-electron chi connectivity index (χ2n) is 8.92. The molecule has 0 aliphatic carbocycles. The number of aromatic carboxylic acids is 1. The average molecular weight is 467 g/mol. The van der Waals surface area contributed by atoms with Crippen LogP contribution in [0.1, 0.15) is 23.3 Å². The smallest absolute Gasteiger partial charge is 0.354 e. The van der Waals surface area contributed by atoms with Crippen LogP contribution in [0.3, 0.4) is 0 Å². The molecule has 2 aliphatic rings. The van der Waals surface area contributed by atoms with Crippen LogP contribution in [-0.2, 0) is 4.74 Å². The van der Waals surface area contributed by atoms with Crippen LogP contribution in [-0.4, -0.2) is 71.4 Å². The number of ether oxygens (including phenoxy) is 1. The zero-order chi connectivity index (χ0) is 23.0. The van der Waals surface area contributed by atoms with Gasteiger partial charge in [0.1, 0.15) is 11.5 Å². The lowest BCUT2D eigenvalue weighted by atomic mass is 9.89. The molecule has 2 saturated heterocycles. The largest absolute Gasteiger partial charge is 0.477 e. The Morgan fingerprint density at radius 2 is 1.73 bits per heavy atom. The average Bonchev–Trinajstić information content (AvgIpc) is 3.26. The van der Waals surface area contributed by atoms with Crippen LogP contribution in [0.4, 0.5) is 5.69 Å². The van der Waals surface area contributed by atoms with Gasteiger partial charge in [0.15, 0.2) is 5.69 Å². The van der Waals surface area contributed by atoms with E-state index in [1.807, 2.05) is 12.1 Å². The van der Waals surface area contributed by atoms with Gasteiger partial charge in [-0.3, -0.25) is 0 Å². The van der Waals surface area contributed by atoms with Crippen LogP contribution in [0.25, 0.3) is 22.6 Å². The van der Waals surface area contributed by atoms with E-state index in [-0.39, 0.29) is 11.3 Å². The maximum absolute atomic E-state index is 11.8. The second kappa shape index (κ2) is 8.82. The van der Waals surface area contributed by atoms with Crippen molar-refractivity contribution in [3.8, 4) is 22.6 Å². The van der Waals surface area contributed by atoms with Gasteiger partial charge in [-0.2, -0.15) is 0 Å². The normalized spacial score (nSPS) is 18.5. The van der Waals surface area contributed by atoms with Gasteiger partial charge in [-0.15, -0.1) is 0 Å². The Balaban J connectivity index is 1.33. The SMILES string of the molecule is CN1CCOC2(CCN(c3ccc(-c4nc(-c5ccc(Cl)cc5)c(C(=O)O)[nH]4)cc3)CC2)C1. The lowest BCUT2D eigenvalue weighted by molar-refractivity contribution is -0.115. The number of carboxylic acid groups (broad SMARTS) is 1. The van der Waals surface area contributed by atoms with Gasteiger partial charge < -0.3 is 24.6 Å². The fourth-order valence-electron chi connectivity index (χ4n) is 4.82. The summed E-state index contributed by atoms with van der Waals surface area (Å²) in [5.74, 6) is -0.520. The van der Waals surface area contributed by atoms with Crippen molar-refractivity contribution in [3.05, 3.63) is 59.2 Å². The number of likely N-dealkylation sites (N-methyl/N-ethyl adjacent to an activating group) is 1. The fraction of sp³-hybridized carbons (Fsp3) is 0.360. The third-order valence-corrected chi connectivity index (χ3v) is 6.91. The number of nitrogens with one attached hydrogen (secondary N) is 1. The van der Waals surface area contributed by atoms with E-state index < -0.39 is 5.97 Å². The van der Waals surface area contributed by atoms with E-state index in [2.05, 4.69) is 38.9 Å². The first-order valence-corrected chi connectivity index (χ1v) is 11.6. The third-order valence-electron chi connectivity index (χ3n) is 6.66. The molecular formula is C25H27ClN4O3. The molecule has 0 unspecified atom stereocenters. The van der Waals surface area contributed by atoms with E-state index in [0.29, 0.717) is 22.1 Å². The number of benzene rings is 2. The topological polar surface area (TPSA) is 81.7 Å². The number of carboxylic acids is 1. The Hall–Kier alpha value is -2.87. The number of rotatable bonds is 4. The maximum Gasteiger partial charge on any atom is 0.354 e. The summed E-state index contributed by atoms with van der Waals surface area (Å²) >= 11 is 5.97. The minimum atomic E-state index is -1.05. The molecule has 33 heavy (non-hydrogen) atoms. The molecule has 3 heterocycles. The van der Waals surface area contributed by atoms with Crippen LogP contribution in [0.15, 0.2) is 48.5 Å². The van der Waals surface area contributed by atoms with Gasteiger partial charge in [0, 0.05) is 48.0 Å². The summed E-state index contributed by atoms with van der Waals surface area (Å²) in [4.78, 5) is 24.1. The van der Waals surface area contributed by atoms with Gasteiger partial charge in [-0.25, -0.2) is 9.78 Å². The second-order valence-corrected chi connectivity index (χ2v) is 9.36. The number of carbonyl (C=O) groups is 1. The first-order chi connectivity index (χ1) is 15.9.